The molecule has 1 aromatic carbocycles. The number of methoxy groups -OCH3 is 1. The van der Waals surface area contributed by atoms with Gasteiger partial charge in [0.05, 0.1) is 36.3 Å². The van der Waals surface area contributed by atoms with Crippen LogP contribution in [-0.2, 0) is 11.3 Å². The first-order chi connectivity index (χ1) is 17.8. The summed E-state index contributed by atoms with van der Waals surface area (Å²) in [5.41, 5.74) is 0.509. The Hall–Kier alpha value is -3.99. The lowest BCUT2D eigenvalue weighted by Gasteiger charge is -2.17. The Labute approximate surface area is 207 Å². The highest BCUT2D eigenvalue weighted by atomic mass is 16.5. The van der Waals surface area contributed by atoms with E-state index in [1.807, 2.05) is 5.32 Å². The molecule has 4 rings (SSSR count). The quantitative estimate of drug-likeness (QED) is 0.364. The Morgan fingerprint density at radius 1 is 1.26 bits per heavy atom. The fraction of sp³-hybridized carbons (Fsp3) is 0.375. The summed E-state index contributed by atoms with van der Waals surface area (Å²) < 4.78 is 29.4. The van der Waals surface area contributed by atoms with E-state index >= 15 is 0 Å². The molecule has 1 aliphatic rings. The maximum Gasteiger partial charge on any atom is 0.273 e. The molecule has 2 amide bonds. The van der Waals surface area contributed by atoms with Crippen molar-refractivity contribution in [2.45, 2.75) is 38.8 Å². The highest BCUT2D eigenvalue weighted by Crippen LogP contribution is 2.38. The van der Waals surface area contributed by atoms with Crippen molar-refractivity contribution in [3.8, 4) is 17.0 Å². The van der Waals surface area contributed by atoms with E-state index in [1.54, 1.807) is 49.0 Å². The highest BCUT2D eigenvalue weighted by Gasteiger charge is 2.30. The first-order valence-electron chi connectivity index (χ1n) is 12.5. The normalized spacial score (nSPS) is 14.9. The zero-order valence-corrected chi connectivity index (χ0v) is 19.6. The minimum Gasteiger partial charge on any atom is -0.494 e. The summed E-state index contributed by atoms with van der Waals surface area (Å²) in [4.78, 5) is 25.0. The Balaban J connectivity index is 1.70. The summed E-state index contributed by atoms with van der Waals surface area (Å²) in [6.45, 7) is 0.911. The Morgan fingerprint density at radius 3 is 2.74 bits per heavy atom. The van der Waals surface area contributed by atoms with Crippen LogP contribution in [0.5, 0.6) is 5.75 Å². The van der Waals surface area contributed by atoms with E-state index in [4.69, 9.17) is 8.85 Å². The predicted octanol–water partition coefficient (Wildman–Crippen LogP) is 2.57. The predicted molar refractivity (Wildman–Crippen MR) is 131 cm³/mol. The average Bonchev–Trinajstić information content (AvgIpc) is 3.57. The lowest BCUT2D eigenvalue weighted by Crippen LogP contribution is -2.26. The molecule has 1 saturated carbocycles. The summed E-state index contributed by atoms with van der Waals surface area (Å²) in [7, 11) is 1.48. The van der Waals surface area contributed by atoms with Crippen LogP contribution in [0.1, 0.15) is 41.3 Å². The number of carbonyl (C=O) groups excluding carboxylic acids is 2. The number of ether oxygens (including phenoxy) is 1. The second kappa shape index (κ2) is 9.71. The number of anilines is 3. The molecule has 4 N–H and O–H groups in total. The molecule has 2 heterocycles. The third kappa shape index (κ3) is 5.75. The van der Waals surface area contributed by atoms with E-state index in [2.05, 4.69) is 25.9 Å². The van der Waals surface area contributed by atoms with Crippen molar-refractivity contribution in [1.82, 2.24) is 25.3 Å². The first kappa shape index (κ1) is 20.4. The van der Waals surface area contributed by atoms with Gasteiger partial charge in [-0.15, -0.1) is 10.2 Å². The third-order valence-electron chi connectivity index (χ3n) is 5.28. The van der Waals surface area contributed by atoms with Gasteiger partial charge in [-0.1, -0.05) is 6.07 Å². The molecule has 0 atom stereocenters. The number of nitrogens with one attached hydrogen (secondary N) is 3. The molecule has 1 fully saturated rings. The molecular formula is C24H29N7O4. The molecule has 0 unspecified atom stereocenters. The van der Waals surface area contributed by atoms with Gasteiger partial charge in [0, 0.05) is 34.8 Å². The fourth-order valence-corrected chi connectivity index (χ4v) is 3.54. The van der Waals surface area contributed by atoms with Crippen LogP contribution < -0.4 is 20.7 Å². The first-order valence-corrected chi connectivity index (χ1v) is 11.0. The monoisotopic (exact) mass is 482 g/mol. The molecule has 0 radical (unpaired) electrons. The molecule has 0 aliphatic heterocycles. The van der Waals surface area contributed by atoms with Crippen LogP contribution in [0.4, 0.5) is 17.2 Å². The van der Waals surface area contributed by atoms with Gasteiger partial charge in [0.2, 0.25) is 5.91 Å². The molecule has 0 spiro atoms. The molecular weight excluding hydrogens is 450 g/mol. The van der Waals surface area contributed by atoms with Gasteiger partial charge in [0.25, 0.3) is 5.91 Å². The molecule has 2 aromatic heterocycles. The summed E-state index contributed by atoms with van der Waals surface area (Å²) >= 11 is 0. The van der Waals surface area contributed by atoms with Crippen molar-refractivity contribution in [3.63, 3.8) is 0 Å². The van der Waals surface area contributed by atoms with E-state index in [0.717, 1.165) is 12.8 Å². The number of benzene rings is 1. The van der Waals surface area contributed by atoms with Gasteiger partial charge in [0.1, 0.15) is 0 Å². The number of hydrogen-bond donors (Lipinski definition) is 4. The Morgan fingerprint density at radius 2 is 2.06 bits per heavy atom. The SMILES string of the molecule is [2H]C([2H])([2H])NC(=O)c1nnc(NC(=O)C2CC2)cc1Nc1cccc(-c2ccn(CC(C)(C)O)n2)c1OC. The van der Waals surface area contributed by atoms with E-state index < -0.39 is 18.5 Å². The van der Waals surface area contributed by atoms with Gasteiger partial charge < -0.3 is 25.8 Å². The molecule has 0 bridgehead atoms. The van der Waals surface area contributed by atoms with Gasteiger partial charge in [-0.25, -0.2) is 0 Å². The molecule has 184 valence electrons. The van der Waals surface area contributed by atoms with Crippen LogP contribution in [-0.4, -0.2) is 56.6 Å². The summed E-state index contributed by atoms with van der Waals surface area (Å²) in [5.74, 6) is -0.759. The van der Waals surface area contributed by atoms with Gasteiger partial charge in [-0.3, -0.25) is 14.3 Å². The lowest BCUT2D eigenvalue weighted by molar-refractivity contribution is -0.117. The summed E-state index contributed by atoms with van der Waals surface area (Å²) in [6.07, 6.45) is 3.32. The third-order valence-corrected chi connectivity index (χ3v) is 5.28. The van der Waals surface area contributed by atoms with E-state index in [-0.39, 0.29) is 35.6 Å². The number of para-hydroxylation sites is 1. The van der Waals surface area contributed by atoms with Gasteiger partial charge in [-0.2, -0.15) is 5.10 Å². The minimum absolute atomic E-state index is 0.0836. The molecule has 11 nitrogen and oxygen atoms in total. The smallest absolute Gasteiger partial charge is 0.273 e. The summed E-state index contributed by atoms with van der Waals surface area (Å²) in [6, 6.07) is 8.44. The zero-order valence-electron chi connectivity index (χ0n) is 22.6. The summed E-state index contributed by atoms with van der Waals surface area (Å²) in [5, 5.41) is 30.1. The molecule has 1 aliphatic carbocycles. The van der Waals surface area contributed by atoms with Crippen molar-refractivity contribution >= 4 is 29.0 Å². The second-order valence-electron chi connectivity index (χ2n) is 8.93. The number of amides is 2. The fourth-order valence-electron chi connectivity index (χ4n) is 3.54. The topological polar surface area (TPSA) is 143 Å². The van der Waals surface area contributed by atoms with Crippen LogP contribution in [0, 0.1) is 5.92 Å². The number of aromatic nitrogens is 4. The second-order valence-corrected chi connectivity index (χ2v) is 8.93. The lowest BCUT2D eigenvalue weighted by atomic mass is 10.1. The standard InChI is InChI=1S/C24H29N7O4/c1-24(2,34)13-31-11-10-16(30-31)15-6-5-7-17(21(15)35-4)26-18-12-19(27-22(32)14-8-9-14)28-29-20(18)23(33)25-3/h5-7,10-12,14,34H,8-9,13H2,1-4H3,(H,25,33)(H2,26,27,28,32)/i3D3. The maximum absolute atomic E-state index is 12.7. The van der Waals surface area contributed by atoms with Gasteiger partial charge in [-0.05, 0) is 44.9 Å². The largest absolute Gasteiger partial charge is 0.494 e. The van der Waals surface area contributed by atoms with Crippen molar-refractivity contribution < 1.29 is 23.5 Å². The van der Waals surface area contributed by atoms with E-state index in [9.17, 15) is 14.7 Å². The van der Waals surface area contributed by atoms with Crippen molar-refractivity contribution in [2.75, 3.05) is 24.7 Å². The number of rotatable bonds is 9. The molecule has 35 heavy (non-hydrogen) atoms. The Kier molecular flexibility index (Phi) is 5.65. The molecule has 0 saturated heterocycles. The highest BCUT2D eigenvalue weighted by molar-refractivity contribution is 6.00. The number of carbonyl (C=O) groups is 2. The van der Waals surface area contributed by atoms with Crippen molar-refractivity contribution in [1.29, 1.82) is 0 Å². The van der Waals surface area contributed by atoms with Crippen molar-refractivity contribution in [3.05, 3.63) is 42.2 Å². The number of aliphatic hydroxyl groups is 1. The van der Waals surface area contributed by atoms with Gasteiger partial charge in [0.15, 0.2) is 17.3 Å². The maximum atomic E-state index is 12.7. The number of nitrogens with zero attached hydrogens (tertiary/aromatic N) is 4. The molecule has 3 aromatic rings. The minimum atomic E-state index is -2.74. The van der Waals surface area contributed by atoms with Crippen LogP contribution in [0.2, 0.25) is 0 Å². The van der Waals surface area contributed by atoms with Gasteiger partial charge >= 0.3 is 0 Å². The van der Waals surface area contributed by atoms with Crippen molar-refractivity contribution in [2.24, 2.45) is 5.92 Å². The average molecular weight is 483 g/mol. The van der Waals surface area contributed by atoms with Crippen LogP contribution >= 0.6 is 0 Å². The Bertz CT molecular complexity index is 1350. The van der Waals surface area contributed by atoms with Crippen LogP contribution in [0.3, 0.4) is 0 Å². The molecule has 11 heteroatoms. The van der Waals surface area contributed by atoms with E-state index in [1.165, 1.54) is 13.2 Å². The zero-order chi connectivity index (χ0) is 27.7. The van der Waals surface area contributed by atoms with E-state index in [0.29, 0.717) is 22.7 Å². The van der Waals surface area contributed by atoms with Crippen LogP contribution in [0.15, 0.2) is 36.5 Å². The van der Waals surface area contributed by atoms with Crippen LogP contribution in [0.25, 0.3) is 11.3 Å². The number of hydrogen-bond acceptors (Lipinski definition) is 8.